The summed E-state index contributed by atoms with van der Waals surface area (Å²) in [7, 11) is 0. The normalized spacial score (nSPS) is 12.5. The Morgan fingerprint density at radius 2 is 2.62 bits per heavy atom. The first-order chi connectivity index (χ1) is 6.11. The van der Waals surface area contributed by atoms with Gasteiger partial charge >= 0.3 is 5.82 Å². The van der Waals surface area contributed by atoms with E-state index in [-0.39, 0.29) is 18.1 Å². The van der Waals surface area contributed by atoms with E-state index >= 15 is 0 Å². The summed E-state index contributed by atoms with van der Waals surface area (Å²) in [5, 5.41) is 27.7. The summed E-state index contributed by atoms with van der Waals surface area (Å²) in [4.78, 5) is 9.79. The number of nitro groups is 1. The average Bonchev–Trinajstić information content (AvgIpc) is 2.47. The van der Waals surface area contributed by atoms with Gasteiger partial charge in [0.2, 0.25) is 0 Å². The Morgan fingerprint density at radius 1 is 1.92 bits per heavy atom. The molecule has 72 valence electrons. The number of rotatable bonds is 4. The summed E-state index contributed by atoms with van der Waals surface area (Å²) in [6.07, 6.45) is 0.745. The molecule has 0 fully saturated rings. The van der Waals surface area contributed by atoms with Gasteiger partial charge in [0, 0.05) is 6.54 Å². The van der Waals surface area contributed by atoms with Crippen molar-refractivity contribution in [1.29, 1.82) is 0 Å². The molecule has 1 rings (SSSR count). The second-order valence-corrected chi connectivity index (χ2v) is 2.62. The lowest BCUT2D eigenvalue weighted by atomic mass is 10.4. The molecule has 0 aliphatic heterocycles. The fourth-order valence-electron chi connectivity index (χ4n) is 0.806. The highest BCUT2D eigenvalue weighted by Gasteiger charge is 2.14. The predicted molar refractivity (Wildman–Crippen MR) is 45.4 cm³/mol. The van der Waals surface area contributed by atoms with Gasteiger partial charge in [-0.25, -0.2) is 0 Å². The molecule has 1 aromatic heterocycles. The predicted octanol–water partition coefficient (Wildman–Crippen LogP) is 0.111. The van der Waals surface area contributed by atoms with E-state index in [1.807, 2.05) is 0 Å². The fraction of sp³-hybridized carbons (Fsp3) is 0.500. The van der Waals surface area contributed by atoms with E-state index in [2.05, 4.69) is 15.5 Å². The number of H-pyrrole nitrogens is 1. The second kappa shape index (κ2) is 3.85. The molecule has 0 aliphatic rings. The minimum atomic E-state index is -0.572. The minimum Gasteiger partial charge on any atom is -0.392 e. The number of hydrogen-bond acceptors (Lipinski definition) is 5. The topological polar surface area (TPSA) is 104 Å². The molecule has 0 aromatic carbocycles. The number of aromatic amines is 1. The maximum absolute atomic E-state index is 10.4. The third-order valence-electron chi connectivity index (χ3n) is 1.39. The standard InChI is InChI=1S/C6H10N4O3/c1-4(11)2-7-5-3-8-9-6(5)10(12)13/h3-4,7,11H,2H2,1H3,(H,8,9). The molecular weight excluding hydrogens is 176 g/mol. The zero-order valence-corrected chi connectivity index (χ0v) is 7.02. The van der Waals surface area contributed by atoms with E-state index in [9.17, 15) is 10.1 Å². The molecule has 0 saturated carbocycles. The lowest BCUT2D eigenvalue weighted by Gasteiger charge is -2.04. The van der Waals surface area contributed by atoms with Gasteiger partial charge in [-0.1, -0.05) is 5.10 Å². The SMILES string of the molecule is CC(O)CNc1cn[nH]c1[N+](=O)[O-]. The number of nitrogens with one attached hydrogen (secondary N) is 2. The largest absolute Gasteiger partial charge is 0.392 e. The maximum atomic E-state index is 10.4. The lowest BCUT2D eigenvalue weighted by Crippen LogP contribution is -2.15. The van der Waals surface area contributed by atoms with Crippen LogP contribution in [-0.2, 0) is 0 Å². The molecule has 1 heterocycles. The highest BCUT2D eigenvalue weighted by atomic mass is 16.6. The third kappa shape index (κ3) is 2.41. The monoisotopic (exact) mass is 186 g/mol. The molecule has 13 heavy (non-hydrogen) atoms. The van der Waals surface area contributed by atoms with E-state index in [0.717, 1.165) is 0 Å². The smallest absolute Gasteiger partial charge is 0.366 e. The Balaban J connectivity index is 2.65. The third-order valence-corrected chi connectivity index (χ3v) is 1.39. The van der Waals surface area contributed by atoms with Crippen molar-refractivity contribution in [1.82, 2.24) is 10.2 Å². The average molecular weight is 186 g/mol. The number of hydrogen-bond donors (Lipinski definition) is 3. The molecule has 1 unspecified atom stereocenters. The molecule has 0 aliphatic carbocycles. The zero-order chi connectivity index (χ0) is 9.84. The van der Waals surface area contributed by atoms with E-state index in [1.54, 1.807) is 6.92 Å². The maximum Gasteiger partial charge on any atom is 0.366 e. The summed E-state index contributed by atoms with van der Waals surface area (Å²) in [5.74, 6) is -0.194. The Bertz CT molecular complexity index is 296. The van der Waals surface area contributed by atoms with Crippen LogP contribution in [0.3, 0.4) is 0 Å². The molecule has 1 atom stereocenters. The summed E-state index contributed by atoms with van der Waals surface area (Å²) in [6, 6.07) is 0. The van der Waals surface area contributed by atoms with Gasteiger partial charge in [0.1, 0.15) is 6.20 Å². The quantitative estimate of drug-likeness (QED) is 0.457. The van der Waals surface area contributed by atoms with Crippen LogP contribution in [-0.4, -0.2) is 32.9 Å². The first-order valence-corrected chi connectivity index (χ1v) is 3.71. The van der Waals surface area contributed by atoms with Gasteiger partial charge in [0.15, 0.2) is 5.69 Å². The van der Waals surface area contributed by atoms with Crippen molar-refractivity contribution < 1.29 is 10.0 Å². The molecule has 0 saturated heterocycles. The molecule has 0 amide bonds. The highest BCUT2D eigenvalue weighted by Crippen LogP contribution is 2.19. The van der Waals surface area contributed by atoms with Crippen LogP contribution in [0.4, 0.5) is 11.5 Å². The van der Waals surface area contributed by atoms with Crippen molar-refractivity contribution in [2.45, 2.75) is 13.0 Å². The zero-order valence-electron chi connectivity index (χ0n) is 7.02. The van der Waals surface area contributed by atoms with Crippen molar-refractivity contribution in [3.63, 3.8) is 0 Å². The summed E-state index contributed by atoms with van der Waals surface area (Å²) >= 11 is 0. The van der Waals surface area contributed by atoms with Crippen LogP contribution in [0.15, 0.2) is 6.20 Å². The summed E-state index contributed by atoms with van der Waals surface area (Å²) in [6.45, 7) is 1.83. The van der Waals surface area contributed by atoms with Crippen LogP contribution < -0.4 is 5.32 Å². The van der Waals surface area contributed by atoms with Crippen LogP contribution in [0, 0.1) is 10.1 Å². The van der Waals surface area contributed by atoms with Crippen LogP contribution >= 0.6 is 0 Å². The summed E-state index contributed by atoms with van der Waals surface area (Å²) in [5.41, 5.74) is 0.283. The van der Waals surface area contributed by atoms with Crippen LogP contribution in [0.5, 0.6) is 0 Å². The lowest BCUT2D eigenvalue weighted by molar-refractivity contribution is -0.388. The molecule has 3 N–H and O–H groups in total. The van der Waals surface area contributed by atoms with E-state index in [0.29, 0.717) is 0 Å². The van der Waals surface area contributed by atoms with Crippen LogP contribution in [0.1, 0.15) is 6.92 Å². The second-order valence-electron chi connectivity index (χ2n) is 2.62. The van der Waals surface area contributed by atoms with E-state index in [1.165, 1.54) is 6.20 Å². The number of aliphatic hydroxyl groups is 1. The number of anilines is 1. The molecule has 1 aromatic rings. The van der Waals surface area contributed by atoms with Gasteiger partial charge in [0.05, 0.1) is 6.10 Å². The Hall–Kier alpha value is -1.63. The van der Waals surface area contributed by atoms with Gasteiger partial charge in [-0.3, -0.25) is 0 Å². The number of aromatic nitrogens is 2. The van der Waals surface area contributed by atoms with Crippen LogP contribution in [0.2, 0.25) is 0 Å². The van der Waals surface area contributed by atoms with Crippen LogP contribution in [0.25, 0.3) is 0 Å². The van der Waals surface area contributed by atoms with Crippen molar-refractivity contribution >= 4 is 11.5 Å². The van der Waals surface area contributed by atoms with Gasteiger partial charge in [-0.05, 0) is 11.8 Å². The summed E-state index contributed by atoms with van der Waals surface area (Å²) < 4.78 is 0. The molecule has 0 bridgehead atoms. The highest BCUT2D eigenvalue weighted by molar-refractivity contribution is 5.55. The van der Waals surface area contributed by atoms with Crippen molar-refractivity contribution in [2.75, 3.05) is 11.9 Å². The first-order valence-electron chi connectivity index (χ1n) is 3.71. The van der Waals surface area contributed by atoms with Gasteiger partial charge in [-0.2, -0.15) is 0 Å². The molecule has 7 heteroatoms. The molecule has 0 radical (unpaired) electrons. The molecular formula is C6H10N4O3. The number of nitrogens with zero attached hydrogens (tertiary/aromatic N) is 2. The molecule has 0 spiro atoms. The van der Waals surface area contributed by atoms with Gasteiger partial charge in [0.25, 0.3) is 0 Å². The van der Waals surface area contributed by atoms with Crippen molar-refractivity contribution in [3.05, 3.63) is 16.3 Å². The van der Waals surface area contributed by atoms with Crippen molar-refractivity contribution in [3.8, 4) is 0 Å². The van der Waals surface area contributed by atoms with E-state index in [4.69, 9.17) is 5.11 Å². The van der Waals surface area contributed by atoms with Gasteiger partial charge < -0.3 is 20.5 Å². The van der Waals surface area contributed by atoms with Crippen molar-refractivity contribution in [2.24, 2.45) is 0 Å². The van der Waals surface area contributed by atoms with E-state index < -0.39 is 11.0 Å². The number of aliphatic hydroxyl groups excluding tert-OH is 1. The fourth-order valence-corrected chi connectivity index (χ4v) is 0.806. The Kier molecular flexibility index (Phi) is 2.80. The Labute approximate surface area is 73.9 Å². The minimum absolute atomic E-state index is 0.194. The van der Waals surface area contributed by atoms with Gasteiger partial charge in [-0.15, -0.1) is 5.10 Å². The first kappa shape index (κ1) is 9.46. The molecule has 7 nitrogen and oxygen atoms in total. The Morgan fingerprint density at radius 3 is 3.15 bits per heavy atom.